The number of halogens is 1. The molecule has 120 valence electrons. The van der Waals surface area contributed by atoms with E-state index in [0.29, 0.717) is 21.8 Å². The molecule has 2 rings (SSSR count). The summed E-state index contributed by atoms with van der Waals surface area (Å²) in [5.74, 6) is 0. The minimum atomic E-state index is -3.48. The van der Waals surface area contributed by atoms with Crippen LogP contribution >= 0.6 is 27.3 Å². The molecule has 1 atom stereocenters. The van der Waals surface area contributed by atoms with Crippen molar-refractivity contribution >= 4 is 37.3 Å². The van der Waals surface area contributed by atoms with Gasteiger partial charge in [-0.3, -0.25) is 0 Å². The molecular weight excluding hydrogens is 374 g/mol. The fourth-order valence-electron chi connectivity index (χ4n) is 2.67. The third kappa shape index (κ3) is 3.68. The Morgan fingerprint density at radius 2 is 2.19 bits per heavy atom. The van der Waals surface area contributed by atoms with Gasteiger partial charge in [-0.15, -0.1) is 11.3 Å². The monoisotopic (exact) mass is 395 g/mol. The molecule has 1 aliphatic heterocycles. The summed E-state index contributed by atoms with van der Waals surface area (Å²) >= 11 is 4.78. The quantitative estimate of drug-likeness (QED) is 0.846. The SMILES string of the molecule is CCC1CN(C)CCCN1S(=O)(=O)c1cc(CN)sc1Br. The van der Waals surface area contributed by atoms with Gasteiger partial charge in [0, 0.05) is 30.6 Å². The predicted molar refractivity (Wildman–Crippen MR) is 90.0 cm³/mol. The van der Waals surface area contributed by atoms with Gasteiger partial charge >= 0.3 is 0 Å². The van der Waals surface area contributed by atoms with Crippen LogP contribution in [0.1, 0.15) is 24.6 Å². The molecule has 0 saturated carbocycles. The van der Waals surface area contributed by atoms with Gasteiger partial charge in [-0.05, 0) is 48.4 Å². The van der Waals surface area contributed by atoms with E-state index in [1.165, 1.54) is 11.3 Å². The summed E-state index contributed by atoms with van der Waals surface area (Å²) < 4.78 is 28.3. The number of rotatable bonds is 4. The zero-order valence-electron chi connectivity index (χ0n) is 12.4. The maximum absolute atomic E-state index is 13.0. The lowest BCUT2D eigenvalue weighted by molar-refractivity contribution is 0.270. The van der Waals surface area contributed by atoms with Gasteiger partial charge < -0.3 is 10.6 Å². The third-order valence-electron chi connectivity index (χ3n) is 3.81. The van der Waals surface area contributed by atoms with Crippen LogP contribution in [0.5, 0.6) is 0 Å². The van der Waals surface area contributed by atoms with Gasteiger partial charge in [-0.25, -0.2) is 8.42 Å². The molecule has 2 heterocycles. The van der Waals surface area contributed by atoms with Crippen LogP contribution in [0.15, 0.2) is 14.7 Å². The molecule has 0 spiro atoms. The molecule has 0 amide bonds. The number of sulfonamides is 1. The summed E-state index contributed by atoms with van der Waals surface area (Å²) in [4.78, 5) is 3.44. The van der Waals surface area contributed by atoms with Crippen molar-refractivity contribution in [3.8, 4) is 0 Å². The minimum Gasteiger partial charge on any atom is -0.326 e. The highest BCUT2D eigenvalue weighted by Gasteiger charge is 2.34. The van der Waals surface area contributed by atoms with Crippen LogP contribution in [0.2, 0.25) is 0 Å². The first-order chi connectivity index (χ1) is 9.90. The first-order valence-electron chi connectivity index (χ1n) is 7.08. The van der Waals surface area contributed by atoms with Crippen molar-refractivity contribution in [3.63, 3.8) is 0 Å². The van der Waals surface area contributed by atoms with Gasteiger partial charge in [0.15, 0.2) is 0 Å². The molecule has 0 aromatic carbocycles. The van der Waals surface area contributed by atoms with E-state index in [1.54, 1.807) is 10.4 Å². The smallest absolute Gasteiger partial charge is 0.245 e. The van der Waals surface area contributed by atoms with Crippen molar-refractivity contribution in [2.45, 2.75) is 37.2 Å². The molecule has 0 aliphatic carbocycles. The predicted octanol–water partition coefficient (Wildman–Crippen LogP) is 2.07. The van der Waals surface area contributed by atoms with Crippen molar-refractivity contribution < 1.29 is 8.42 Å². The first-order valence-corrected chi connectivity index (χ1v) is 10.1. The lowest BCUT2D eigenvalue weighted by atomic mass is 10.2. The molecule has 21 heavy (non-hydrogen) atoms. The molecule has 1 aliphatic rings. The van der Waals surface area contributed by atoms with Crippen molar-refractivity contribution in [3.05, 3.63) is 14.7 Å². The van der Waals surface area contributed by atoms with E-state index in [9.17, 15) is 8.42 Å². The molecule has 5 nitrogen and oxygen atoms in total. The van der Waals surface area contributed by atoms with Crippen LogP contribution in [0.25, 0.3) is 0 Å². The summed E-state index contributed by atoms with van der Waals surface area (Å²) in [7, 11) is -1.43. The molecule has 1 aromatic rings. The fraction of sp³-hybridized carbons (Fsp3) is 0.692. The molecule has 1 aromatic heterocycles. The van der Waals surface area contributed by atoms with Crippen LogP contribution in [-0.2, 0) is 16.6 Å². The highest BCUT2D eigenvalue weighted by molar-refractivity contribution is 9.11. The molecular formula is C13H22BrN3O2S2. The summed E-state index contributed by atoms with van der Waals surface area (Å²) in [6.07, 6.45) is 1.67. The van der Waals surface area contributed by atoms with E-state index in [2.05, 4.69) is 20.8 Å². The number of nitrogens with two attached hydrogens (primary N) is 1. The number of thiophene rings is 1. The van der Waals surface area contributed by atoms with Crippen LogP contribution in [0, 0.1) is 0 Å². The van der Waals surface area contributed by atoms with Crippen molar-refractivity contribution in [2.75, 3.05) is 26.7 Å². The van der Waals surface area contributed by atoms with Gasteiger partial charge in [0.05, 0.1) is 3.79 Å². The minimum absolute atomic E-state index is 0.0237. The Labute approximate surface area is 139 Å². The highest BCUT2D eigenvalue weighted by atomic mass is 79.9. The maximum atomic E-state index is 13.0. The average molecular weight is 396 g/mol. The van der Waals surface area contributed by atoms with E-state index < -0.39 is 10.0 Å². The van der Waals surface area contributed by atoms with E-state index in [4.69, 9.17) is 5.73 Å². The third-order valence-corrected chi connectivity index (χ3v) is 8.04. The van der Waals surface area contributed by atoms with Gasteiger partial charge in [0.1, 0.15) is 4.90 Å². The van der Waals surface area contributed by atoms with Crippen LogP contribution in [0.3, 0.4) is 0 Å². The largest absolute Gasteiger partial charge is 0.326 e. The number of hydrogen-bond acceptors (Lipinski definition) is 5. The number of hydrogen-bond donors (Lipinski definition) is 1. The highest BCUT2D eigenvalue weighted by Crippen LogP contribution is 2.34. The molecule has 2 N–H and O–H groups in total. The van der Waals surface area contributed by atoms with Gasteiger partial charge in [0.2, 0.25) is 10.0 Å². The first kappa shape index (κ1) is 17.4. The maximum Gasteiger partial charge on any atom is 0.245 e. The second-order valence-electron chi connectivity index (χ2n) is 5.35. The van der Waals surface area contributed by atoms with Gasteiger partial charge in [0.25, 0.3) is 0 Å². The topological polar surface area (TPSA) is 66.6 Å². The van der Waals surface area contributed by atoms with E-state index in [0.717, 1.165) is 30.8 Å². The molecule has 0 bridgehead atoms. The van der Waals surface area contributed by atoms with Crippen molar-refractivity contribution in [1.82, 2.24) is 9.21 Å². The Kier molecular flexibility index (Phi) is 5.84. The molecule has 1 unspecified atom stereocenters. The van der Waals surface area contributed by atoms with E-state index in [1.807, 2.05) is 14.0 Å². The van der Waals surface area contributed by atoms with Gasteiger partial charge in [-0.1, -0.05) is 6.92 Å². The molecule has 0 radical (unpaired) electrons. The second-order valence-corrected chi connectivity index (χ2v) is 9.66. The Morgan fingerprint density at radius 1 is 1.48 bits per heavy atom. The summed E-state index contributed by atoms with van der Waals surface area (Å²) in [6, 6.07) is 1.72. The normalized spacial score (nSPS) is 22.4. The zero-order chi connectivity index (χ0) is 15.6. The average Bonchev–Trinajstić information content (AvgIpc) is 2.71. The van der Waals surface area contributed by atoms with Crippen molar-refractivity contribution in [1.29, 1.82) is 0 Å². The second kappa shape index (κ2) is 7.06. The zero-order valence-corrected chi connectivity index (χ0v) is 15.6. The molecule has 1 fully saturated rings. The number of nitrogens with zero attached hydrogens (tertiary/aromatic N) is 2. The lowest BCUT2D eigenvalue weighted by Gasteiger charge is -2.29. The summed E-state index contributed by atoms with van der Waals surface area (Å²) in [5, 5.41) is 0. The Morgan fingerprint density at radius 3 is 2.76 bits per heavy atom. The Bertz CT molecular complexity index is 588. The Hall–Kier alpha value is 0.01000. The lowest BCUT2D eigenvalue weighted by Crippen LogP contribution is -2.43. The van der Waals surface area contributed by atoms with Crippen LogP contribution in [-0.4, -0.2) is 50.3 Å². The van der Waals surface area contributed by atoms with E-state index in [-0.39, 0.29) is 6.04 Å². The van der Waals surface area contributed by atoms with Crippen LogP contribution < -0.4 is 5.73 Å². The van der Waals surface area contributed by atoms with E-state index >= 15 is 0 Å². The molecule has 8 heteroatoms. The van der Waals surface area contributed by atoms with Crippen molar-refractivity contribution in [2.24, 2.45) is 5.73 Å². The standard InChI is InChI=1S/C13H22BrN3O2S2/c1-3-10-9-16(2)5-4-6-17(10)21(18,19)12-7-11(8-15)20-13(12)14/h7,10H,3-6,8-9,15H2,1-2H3. The molecule has 1 saturated heterocycles. The Balaban J connectivity index is 2.38. The van der Waals surface area contributed by atoms with Gasteiger partial charge in [-0.2, -0.15) is 4.31 Å². The summed E-state index contributed by atoms with van der Waals surface area (Å²) in [6.45, 7) is 4.69. The number of likely N-dealkylation sites (N-methyl/N-ethyl adjacent to an activating group) is 1. The van der Waals surface area contributed by atoms with Crippen LogP contribution in [0.4, 0.5) is 0 Å². The fourth-order valence-corrected chi connectivity index (χ4v) is 6.91. The summed E-state index contributed by atoms with van der Waals surface area (Å²) in [5.41, 5.74) is 5.62.